The lowest BCUT2D eigenvalue weighted by Crippen LogP contribution is -2.35. The minimum absolute atomic E-state index is 0.223. The zero-order valence-corrected chi connectivity index (χ0v) is 10.9. The second-order valence-electron chi connectivity index (χ2n) is 4.26. The Morgan fingerprint density at radius 3 is 2.80 bits per heavy atom. The molecular formula is C14H14N2O4. The van der Waals surface area contributed by atoms with Gasteiger partial charge in [0.15, 0.2) is 6.61 Å². The van der Waals surface area contributed by atoms with Gasteiger partial charge in [0, 0.05) is 18.6 Å². The van der Waals surface area contributed by atoms with Gasteiger partial charge in [-0.3, -0.25) is 14.6 Å². The molecule has 20 heavy (non-hydrogen) atoms. The number of carboxylic acids is 1. The third kappa shape index (κ3) is 3.23. The standard InChI is InChI=1S/C14H14N2O4/c1-16(8-13(18)19)12(17)9-20-11-6-2-4-10-5-3-7-15-14(10)11/h2-7H,8-9H2,1H3,(H,18,19). The van der Waals surface area contributed by atoms with Gasteiger partial charge in [-0.15, -0.1) is 0 Å². The Morgan fingerprint density at radius 2 is 2.05 bits per heavy atom. The zero-order valence-electron chi connectivity index (χ0n) is 10.9. The Hall–Kier alpha value is -2.63. The number of carboxylic acid groups (broad SMARTS) is 1. The van der Waals surface area contributed by atoms with Crippen molar-refractivity contribution in [1.82, 2.24) is 9.88 Å². The predicted octanol–water partition coefficient (Wildman–Crippen LogP) is 1.16. The lowest BCUT2D eigenvalue weighted by molar-refractivity contribution is -0.144. The number of likely N-dealkylation sites (N-methyl/N-ethyl adjacent to an activating group) is 1. The van der Waals surface area contributed by atoms with Crippen LogP contribution in [0.4, 0.5) is 0 Å². The average molecular weight is 274 g/mol. The molecule has 0 spiro atoms. The van der Waals surface area contributed by atoms with Crippen LogP contribution in [0.5, 0.6) is 5.75 Å². The quantitative estimate of drug-likeness (QED) is 0.885. The summed E-state index contributed by atoms with van der Waals surface area (Å²) in [6, 6.07) is 9.14. The SMILES string of the molecule is CN(CC(=O)O)C(=O)COc1cccc2cccnc12. The monoisotopic (exact) mass is 274 g/mol. The Bertz CT molecular complexity index is 637. The zero-order chi connectivity index (χ0) is 14.5. The van der Waals surface area contributed by atoms with E-state index in [-0.39, 0.29) is 13.2 Å². The van der Waals surface area contributed by atoms with Crippen molar-refractivity contribution in [2.45, 2.75) is 0 Å². The first-order valence-corrected chi connectivity index (χ1v) is 6.00. The van der Waals surface area contributed by atoms with Crippen molar-refractivity contribution in [1.29, 1.82) is 0 Å². The number of benzene rings is 1. The van der Waals surface area contributed by atoms with Crippen LogP contribution >= 0.6 is 0 Å². The first-order chi connectivity index (χ1) is 9.58. The highest BCUT2D eigenvalue weighted by Crippen LogP contribution is 2.22. The van der Waals surface area contributed by atoms with Crippen LogP contribution in [0.1, 0.15) is 0 Å². The number of aromatic nitrogens is 1. The summed E-state index contributed by atoms with van der Waals surface area (Å²) in [5.41, 5.74) is 0.670. The number of carbonyl (C=O) groups is 2. The molecule has 0 unspecified atom stereocenters. The number of nitrogens with zero attached hydrogens (tertiary/aromatic N) is 2. The predicted molar refractivity (Wildman–Crippen MR) is 72.5 cm³/mol. The van der Waals surface area contributed by atoms with E-state index >= 15 is 0 Å². The van der Waals surface area contributed by atoms with Gasteiger partial charge in [0.25, 0.3) is 5.91 Å². The van der Waals surface area contributed by atoms with Crippen molar-refractivity contribution in [2.75, 3.05) is 20.2 Å². The van der Waals surface area contributed by atoms with Gasteiger partial charge < -0.3 is 14.7 Å². The number of para-hydroxylation sites is 1. The van der Waals surface area contributed by atoms with Gasteiger partial charge in [-0.1, -0.05) is 18.2 Å². The minimum Gasteiger partial charge on any atom is -0.481 e. The number of fused-ring (bicyclic) bond motifs is 1. The van der Waals surface area contributed by atoms with Gasteiger partial charge in [-0.05, 0) is 12.1 Å². The van der Waals surface area contributed by atoms with Gasteiger partial charge in [-0.2, -0.15) is 0 Å². The molecule has 0 radical (unpaired) electrons. The molecule has 0 atom stereocenters. The minimum atomic E-state index is -1.06. The molecule has 6 nitrogen and oxygen atoms in total. The van der Waals surface area contributed by atoms with E-state index in [1.165, 1.54) is 7.05 Å². The van der Waals surface area contributed by atoms with Crippen LogP contribution in [-0.2, 0) is 9.59 Å². The summed E-state index contributed by atoms with van der Waals surface area (Å²) in [6.45, 7) is -0.574. The van der Waals surface area contributed by atoms with Crippen molar-refractivity contribution in [2.24, 2.45) is 0 Å². The molecule has 1 N–H and O–H groups in total. The van der Waals surface area contributed by atoms with Crippen molar-refractivity contribution < 1.29 is 19.4 Å². The number of carbonyl (C=O) groups excluding carboxylic acids is 1. The third-order valence-electron chi connectivity index (χ3n) is 2.75. The van der Waals surface area contributed by atoms with Gasteiger partial charge in [0.2, 0.25) is 0 Å². The maximum absolute atomic E-state index is 11.7. The van der Waals surface area contributed by atoms with Gasteiger partial charge >= 0.3 is 5.97 Å². The fourth-order valence-electron chi connectivity index (χ4n) is 1.73. The summed E-state index contributed by atoms with van der Waals surface area (Å²) in [4.78, 5) is 27.5. The number of hydrogen-bond donors (Lipinski definition) is 1. The number of amides is 1. The van der Waals surface area contributed by atoms with Crippen molar-refractivity contribution >= 4 is 22.8 Å². The number of rotatable bonds is 5. The summed E-state index contributed by atoms with van der Waals surface area (Å²) < 4.78 is 5.44. The van der Waals surface area contributed by atoms with Crippen LogP contribution in [0.15, 0.2) is 36.5 Å². The summed E-state index contributed by atoms with van der Waals surface area (Å²) in [5, 5.41) is 9.53. The summed E-state index contributed by atoms with van der Waals surface area (Å²) in [6.07, 6.45) is 1.65. The normalized spacial score (nSPS) is 10.2. The molecule has 1 amide bonds. The molecule has 2 aromatic rings. The first-order valence-electron chi connectivity index (χ1n) is 6.00. The molecule has 0 aliphatic heterocycles. The number of ether oxygens (including phenoxy) is 1. The third-order valence-corrected chi connectivity index (χ3v) is 2.75. The van der Waals surface area contributed by atoms with Crippen LogP contribution in [0.2, 0.25) is 0 Å². The Balaban J connectivity index is 2.06. The largest absolute Gasteiger partial charge is 0.481 e. The molecule has 1 aromatic carbocycles. The highest BCUT2D eigenvalue weighted by molar-refractivity contribution is 5.85. The van der Waals surface area contributed by atoms with Crippen molar-refractivity contribution in [3.05, 3.63) is 36.5 Å². The van der Waals surface area contributed by atoms with Gasteiger partial charge in [0.05, 0.1) is 0 Å². The highest BCUT2D eigenvalue weighted by Gasteiger charge is 2.13. The van der Waals surface area contributed by atoms with E-state index < -0.39 is 11.9 Å². The van der Waals surface area contributed by atoms with Gasteiger partial charge in [-0.25, -0.2) is 0 Å². The average Bonchev–Trinajstić information content (AvgIpc) is 2.44. The molecule has 0 fully saturated rings. The number of hydrogen-bond acceptors (Lipinski definition) is 4. The molecule has 104 valence electrons. The van der Waals surface area contributed by atoms with Crippen LogP contribution < -0.4 is 4.74 Å². The molecular weight excluding hydrogens is 260 g/mol. The molecule has 0 saturated heterocycles. The molecule has 0 aliphatic rings. The molecule has 0 aliphatic carbocycles. The molecule has 6 heteroatoms. The number of aliphatic carboxylic acids is 1. The topological polar surface area (TPSA) is 79.7 Å². The second kappa shape index (κ2) is 6.01. The molecule has 1 aromatic heterocycles. The van der Waals surface area contributed by atoms with Crippen molar-refractivity contribution in [3.8, 4) is 5.75 Å². The second-order valence-corrected chi connectivity index (χ2v) is 4.26. The van der Waals surface area contributed by atoms with Gasteiger partial charge in [0.1, 0.15) is 17.8 Å². The van der Waals surface area contributed by atoms with E-state index in [1.54, 1.807) is 12.3 Å². The smallest absolute Gasteiger partial charge is 0.323 e. The maximum Gasteiger partial charge on any atom is 0.323 e. The fourth-order valence-corrected chi connectivity index (χ4v) is 1.73. The first kappa shape index (κ1) is 13.8. The molecule has 2 rings (SSSR count). The Labute approximate surface area is 115 Å². The van der Waals surface area contributed by atoms with E-state index in [9.17, 15) is 9.59 Å². The van der Waals surface area contributed by atoms with Crippen molar-refractivity contribution in [3.63, 3.8) is 0 Å². The van der Waals surface area contributed by atoms with Crippen LogP contribution in [-0.4, -0.2) is 47.1 Å². The summed E-state index contributed by atoms with van der Waals surface area (Å²) in [5.74, 6) is -0.965. The van der Waals surface area contributed by atoms with Crippen LogP contribution in [0.3, 0.4) is 0 Å². The lowest BCUT2D eigenvalue weighted by atomic mass is 10.2. The lowest BCUT2D eigenvalue weighted by Gasteiger charge is -2.15. The van der Waals surface area contributed by atoms with E-state index in [1.807, 2.05) is 24.3 Å². The van der Waals surface area contributed by atoms with E-state index in [4.69, 9.17) is 9.84 Å². The molecule has 0 bridgehead atoms. The maximum atomic E-state index is 11.7. The van der Waals surface area contributed by atoms with E-state index in [2.05, 4.69) is 4.98 Å². The summed E-state index contributed by atoms with van der Waals surface area (Å²) in [7, 11) is 1.42. The van der Waals surface area contributed by atoms with E-state index in [0.717, 1.165) is 10.3 Å². The van der Waals surface area contributed by atoms with Crippen LogP contribution in [0, 0.1) is 0 Å². The Kier molecular flexibility index (Phi) is 4.14. The van der Waals surface area contributed by atoms with E-state index in [0.29, 0.717) is 11.3 Å². The van der Waals surface area contributed by atoms with Crippen LogP contribution in [0.25, 0.3) is 10.9 Å². The highest BCUT2D eigenvalue weighted by atomic mass is 16.5. The summed E-state index contributed by atoms with van der Waals surface area (Å²) >= 11 is 0. The fraction of sp³-hybridized carbons (Fsp3) is 0.214. The Morgan fingerprint density at radius 1 is 1.30 bits per heavy atom. The molecule has 1 heterocycles. The number of pyridine rings is 1. The molecule has 0 saturated carbocycles.